The highest BCUT2D eigenvalue weighted by Gasteiger charge is 2.34. The molecule has 2 rings (SSSR count). The highest BCUT2D eigenvalue weighted by atomic mass is 16.5. The van der Waals surface area contributed by atoms with Gasteiger partial charge < -0.3 is 4.74 Å². The Bertz CT molecular complexity index is 358. The van der Waals surface area contributed by atoms with Crippen molar-refractivity contribution in [3.63, 3.8) is 0 Å². The number of amides is 1. The fraction of sp³-hybridized carbons (Fsp3) is 0.455. The predicted octanol–water partition coefficient (Wildman–Crippen LogP) is 1.66. The first-order valence-corrected chi connectivity index (χ1v) is 5.03. The van der Waals surface area contributed by atoms with Crippen molar-refractivity contribution in [2.24, 2.45) is 11.0 Å². The van der Waals surface area contributed by atoms with Gasteiger partial charge in [0, 0.05) is 19.8 Å². The van der Waals surface area contributed by atoms with Gasteiger partial charge in [-0.2, -0.15) is 5.01 Å². The zero-order chi connectivity index (χ0) is 10.8. The molecular formula is C11H14N2O2. The molecule has 0 bridgehead atoms. The maximum atomic E-state index is 11.3. The maximum Gasteiger partial charge on any atom is 0.242 e. The van der Waals surface area contributed by atoms with E-state index in [0.717, 1.165) is 6.42 Å². The minimum absolute atomic E-state index is 0.0835. The average molecular weight is 206 g/mol. The molecule has 1 aliphatic heterocycles. The fourth-order valence-electron chi connectivity index (χ4n) is 1.79. The van der Waals surface area contributed by atoms with E-state index in [1.807, 2.05) is 12.2 Å². The van der Waals surface area contributed by atoms with E-state index in [-0.39, 0.29) is 18.1 Å². The molecule has 0 saturated heterocycles. The van der Waals surface area contributed by atoms with Crippen LogP contribution < -0.4 is 0 Å². The van der Waals surface area contributed by atoms with Gasteiger partial charge in [-0.15, -0.1) is 5.10 Å². The van der Waals surface area contributed by atoms with Crippen LogP contribution in [0.15, 0.2) is 29.4 Å². The number of hydrogen-bond acceptors (Lipinski definition) is 3. The van der Waals surface area contributed by atoms with Gasteiger partial charge in [0.05, 0.1) is 0 Å². The van der Waals surface area contributed by atoms with E-state index < -0.39 is 0 Å². The second-order valence-corrected chi connectivity index (χ2v) is 3.70. The summed E-state index contributed by atoms with van der Waals surface area (Å²) in [6, 6.07) is 0. The van der Waals surface area contributed by atoms with Gasteiger partial charge in [-0.1, -0.05) is 24.3 Å². The summed E-state index contributed by atoms with van der Waals surface area (Å²) in [5, 5.41) is 5.48. The summed E-state index contributed by atoms with van der Waals surface area (Å²) in [7, 11) is 0. The van der Waals surface area contributed by atoms with Crippen LogP contribution in [-0.4, -0.2) is 23.0 Å². The highest BCUT2D eigenvalue weighted by Crippen LogP contribution is 2.25. The number of hydrazone groups is 1. The Hall–Kier alpha value is -1.58. The lowest BCUT2D eigenvalue weighted by Gasteiger charge is -2.25. The van der Waals surface area contributed by atoms with Crippen LogP contribution in [0.25, 0.3) is 0 Å². The fourth-order valence-corrected chi connectivity index (χ4v) is 1.79. The first kappa shape index (κ1) is 9.96. The summed E-state index contributed by atoms with van der Waals surface area (Å²) in [6.45, 7) is 3.26. The highest BCUT2D eigenvalue weighted by molar-refractivity contribution is 5.80. The van der Waals surface area contributed by atoms with Gasteiger partial charge in [0.15, 0.2) is 0 Å². The Balaban J connectivity index is 2.13. The van der Waals surface area contributed by atoms with Crippen LogP contribution in [0.3, 0.4) is 0 Å². The second kappa shape index (κ2) is 3.88. The lowest BCUT2D eigenvalue weighted by atomic mass is 9.99. The minimum Gasteiger partial charge on any atom is -0.453 e. The third-order valence-corrected chi connectivity index (χ3v) is 2.48. The molecule has 4 nitrogen and oxygen atoms in total. The van der Waals surface area contributed by atoms with E-state index in [2.05, 4.69) is 17.3 Å². The molecule has 0 radical (unpaired) electrons. The van der Waals surface area contributed by atoms with Gasteiger partial charge in [0.1, 0.15) is 0 Å². The van der Waals surface area contributed by atoms with E-state index in [1.165, 1.54) is 11.9 Å². The Labute approximate surface area is 88.9 Å². The van der Waals surface area contributed by atoms with Gasteiger partial charge in [0.2, 0.25) is 18.0 Å². The van der Waals surface area contributed by atoms with E-state index in [1.54, 1.807) is 6.92 Å². The lowest BCUT2D eigenvalue weighted by Crippen LogP contribution is -2.37. The number of hydrogen-bond donors (Lipinski definition) is 0. The molecule has 1 aliphatic carbocycles. The number of ether oxygens (including phenoxy) is 1. The van der Waals surface area contributed by atoms with Crippen LogP contribution in [0.1, 0.15) is 20.3 Å². The molecule has 0 N–H and O–H groups in total. The average Bonchev–Trinajstić information content (AvgIpc) is 2.62. The zero-order valence-corrected chi connectivity index (χ0v) is 8.88. The minimum atomic E-state index is -0.274. The molecule has 80 valence electrons. The molecule has 0 spiro atoms. The Morgan fingerprint density at radius 3 is 3.00 bits per heavy atom. The molecule has 0 aromatic heterocycles. The molecule has 15 heavy (non-hydrogen) atoms. The molecule has 2 atom stereocenters. The van der Waals surface area contributed by atoms with Crippen molar-refractivity contribution in [2.75, 3.05) is 0 Å². The SMILES string of the molecule is CC(=O)N1N=C(C)OC1C1C=CC=CC1. The molecule has 0 aromatic carbocycles. The Kier molecular flexibility index (Phi) is 2.58. The van der Waals surface area contributed by atoms with Crippen LogP contribution in [0.5, 0.6) is 0 Å². The van der Waals surface area contributed by atoms with Crippen LogP contribution in [0, 0.1) is 5.92 Å². The van der Waals surface area contributed by atoms with Crippen molar-refractivity contribution < 1.29 is 9.53 Å². The van der Waals surface area contributed by atoms with E-state index in [4.69, 9.17) is 4.74 Å². The van der Waals surface area contributed by atoms with Crippen molar-refractivity contribution in [1.82, 2.24) is 5.01 Å². The zero-order valence-electron chi connectivity index (χ0n) is 8.88. The number of allylic oxidation sites excluding steroid dienone is 3. The predicted molar refractivity (Wildman–Crippen MR) is 56.9 cm³/mol. The van der Waals surface area contributed by atoms with E-state index >= 15 is 0 Å². The van der Waals surface area contributed by atoms with Gasteiger partial charge in [-0.05, 0) is 6.42 Å². The Morgan fingerprint density at radius 1 is 1.60 bits per heavy atom. The van der Waals surface area contributed by atoms with Crippen LogP contribution in [0.4, 0.5) is 0 Å². The van der Waals surface area contributed by atoms with Crippen molar-refractivity contribution in [2.45, 2.75) is 26.5 Å². The standard InChI is InChI=1S/C11H14N2O2/c1-8-12-13(9(2)14)11(15-8)10-6-4-3-5-7-10/h3-6,10-11H,7H2,1-2H3. The summed E-state index contributed by atoms with van der Waals surface area (Å²) in [5.41, 5.74) is 0. The quantitative estimate of drug-likeness (QED) is 0.654. The first-order chi connectivity index (χ1) is 7.18. The topological polar surface area (TPSA) is 41.9 Å². The lowest BCUT2D eigenvalue weighted by molar-refractivity contribution is -0.136. The van der Waals surface area contributed by atoms with Crippen molar-refractivity contribution in [1.29, 1.82) is 0 Å². The molecule has 0 fully saturated rings. The first-order valence-electron chi connectivity index (χ1n) is 5.03. The van der Waals surface area contributed by atoms with Crippen LogP contribution >= 0.6 is 0 Å². The third-order valence-electron chi connectivity index (χ3n) is 2.48. The van der Waals surface area contributed by atoms with Gasteiger partial charge in [-0.3, -0.25) is 4.79 Å². The number of carbonyl (C=O) groups is 1. The normalized spacial score (nSPS) is 28.9. The van der Waals surface area contributed by atoms with Crippen molar-refractivity contribution >= 4 is 11.8 Å². The van der Waals surface area contributed by atoms with Crippen molar-refractivity contribution in [3.8, 4) is 0 Å². The molecule has 0 aromatic rings. The molecular weight excluding hydrogens is 192 g/mol. The van der Waals surface area contributed by atoms with E-state index in [9.17, 15) is 4.79 Å². The molecule has 1 amide bonds. The Morgan fingerprint density at radius 2 is 2.40 bits per heavy atom. The summed E-state index contributed by atoms with van der Waals surface area (Å²) < 4.78 is 5.54. The smallest absolute Gasteiger partial charge is 0.242 e. The monoisotopic (exact) mass is 206 g/mol. The second-order valence-electron chi connectivity index (χ2n) is 3.70. The van der Waals surface area contributed by atoms with E-state index in [0.29, 0.717) is 5.90 Å². The van der Waals surface area contributed by atoms with Crippen molar-refractivity contribution in [3.05, 3.63) is 24.3 Å². The summed E-state index contributed by atoms with van der Waals surface area (Å²) in [4.78, 5) is 11.3. The van der Waals surface area contributed by atoms with Crippen LogP contribution in [-0.2, 0) is 9.53 Å². The largest absolute Gasteiger partial charge is 0.453 e. The molecule has 2 unspecified atom stereocenters. The summed E-state index contributed by atoms with van der Waals surface area (Å²) in [6.07, 6.45) is 8.70. The molecule has 2 aliphatic rings. The summed E-state index contributed by atoms with van der Waals surface area (Å²) >= 11 is 0. The number of nitrogens with zero attached hydrogens (tertiary/aromatic N) is 2. The van der Waals surface area contributed by atoms with Gasteiger partial charge >= 0.3 is 0 Å². The van der Waals surface area contributed by atoms with Crippen LogP contribution in [0.2, 0.25) is 0 Å². The molecule has 4 heteroatoms. The third kappa shape index (κ3) is 1.93. The van der Waals surface area contributed by atoms with Gasteiger partial charge in [0.25, 0.3) is 0 Å². The number of carbonyl (C=O) groups excluding carboxylic acids is 1. The molecule has 1 heterocycles. The van der Waals surface area contributed by atoms with Gasteiger partial charge in [-0.25, -0.2) is 0 Å². The molecule has 0 saturated carbocycles. The maximum absolute atomic E-state index is 11.3. The summed E-state index contributed by atoms with van der Waals surface area (Å²) in [5.74, 6) is 0.665. The number of rotatable bonds is 1.